The van der Waals surface area contributed by atoms with E-state index < -0.39 is 0 Å². The number of amides is 1. The fourth-order valence-corrected chi connectivity index (χ4v) is 4.13. The third-order valence-corrected chi connectivity index (χ3v) is 5.78. The second kappa shape index (κ2) is 8.98. The molecule has 0 saturated heterocycles. The molecular weight excluding hydrogens is 352 g/mol. The van der Waals surface area contributed by atoms with Crippen molar-refractivity contribution in [2.75, 3.05) is 11.9 Å². The van der Waals surface area contributed by atoms with Gasteiger partial charge in [0.1, 0.15) is 6.04 Å². The number of hydrogen-bond acceptors (Lipinski definition) is 2. The van der Waals surface area contributed by atoms with Crippen LogP contribution in [0.15, 0.2) is 60.0 Å². The van der Waals surface area contributed by atoms with Crippen LogP contribution in [-0.4, -0.2) is 12.5 Å². The number of thiophene rings is 1. The highest BCUT2D eigenvalue weighted by molar-refractivity contribution is 7.10. The Morgan fingerprint density at radius 2 is 1.85 bits per heavy atom. The number of carbonyl (C=O) groups is 1. The number of benzene rings is 2. The van der Waals surface area contributed by atoms with Crippen molar-refractivity contribution in [3.63, 3.8) is 0 Å². The Morgan fingerprint density at radius 1 is 1.07 bits per heavy atom. The van der Waals surface area contributed by atoms with Gasteiger partial charge in [-0.05, 0) is 42.8 Å². The number of hydrogen-bond donors (Lipinski definition) is 2. The van der Waals surface area contributed by atoms with Gasteiger partial charge in [-0.1, -0.05) is 61.0 Å². The van der Waals surface area contributed by atoms with Gasteiger partial charge in [-0.2, -0.15) is 0 Å². The Kier molecular flexibility index (Phi) is 6.43. The lowest BCUT2D eigenvalue weighted by Crippen LogP contribution is -2.87. The molecule has 140 valence electrons. The molecule has 0 radical (unpaired) electrons. The molecule has 3 aromatic rings. The van der Waals surface area contributed by atoms with Crippen molar-refractivity contribution >= 4 is 22.9 Å². The van der Waals surface area contributed by atoms with Crippen molar-refractivity contribution in [3.05, 3.63) is 87.1 Å². The normalized spacial score (nSPS) is 12.0. The standard InChI is InChI=1S/C23H26N2OS/c1-4-18-8-5-7-17(3)22(18)25-21(26)15-24-23(20-9-6-14-27-20)19-12-10-16(2)11-13-19/h5-14,23-24H,4,15H2,1-3H3,(H,25,26)/p+1/t23-/m1/s1. The smallest absolute Gasteiger partial charge is 0.279 e. The summed E-state index contributed by atoms with van der Waals surface area (Å²) in [6.07, 6.45) is 0.905. The molecule has 4 heteroatoms. The zero-order chi connectivity index (χ0) is 19.2. The molecule has 3 N–H and O–H groups in total. The number of anilines is 1. The fraction of sp³-hybridized carbons (Fsp3) is 0.261. The van der Waals surface area contributed by atoms with Crippen LogP contribution in [0.1, 0.15) is 40.1 Å². The Hall–Kier alpha value is -2.43. The molecule has 3 rings (SSSR count). The summed E-state index contributed by atoms with van der Waals surface area (Å²) < 4.78 is 0. The van der Waals surface area contributed by atoms with Crippen molar-refractivity contribution in [2.45, 2.75) is 33.2 Å². The maximum atomic E-state index is 12.7. The Labute approximate surface area is 165 Å². The van der Waals surface area contributed by atoms with Gasteiger partial charge in [0.05, 0.1) is 4.88 Å². The van der Waals surface area contributed by atoms with E-state index in [1.807, 2.05) is 19.1 Å². The SMILES string of the molecule is CCc1cccc(C)c1NC(=O)C[NH2+][C@H](c1ccc(C)cc1)c1cccs1. The Bertz CT molecular complexity index is 885. The summed E-state index contributed by atoms with van der Waals surface area (Å²) in [4.78, 5) is 13.9. The van der Waals surface area contributed by atoms with Crippen molar-refractivity contribution in [2.24, 2.45) is 0 Å². The first-order valence-electron chi connectivity index (χ1n) is 9.40. The molecule has 0 aliphatic heterocycles. The molecule has 1 amide bonds. The van der Waals surface area contributed by atoms with E-state index in [9.17, 15) is 4.79 Å². The molecule has 0 saturated carbocycles. The predicted octanol–water partition coefficient (Wildman–Crippen LogP) is 4.22. The topological polar surface area (TPSA) is 45.7 Å². The highest BCUT2D eigenvalue weighted by Crippen LogP contribution is 2.23. The summed E-state index contributed by atoms with van der Waals surface area (Å²) in [5, 5.41) is 7.33. The largest absolute Gasteiger partial charge is 0.328 e. The molecule has 0 fully saturated rings. The van der Waals surface area contributed by atoms with Crippen LogP contribution in [0.4, 0.5) is 5.69 Å². The molecule has 1 aromatic heterocycles. The summed E-state index contributed by atoms with van der Waals surface area (Å²) in [7, 11) is 0. The minimum atomic E-state index is 0.0349. The summed E-state index contributed by atoms with van der Waals surface area (Å²) in [5.41, 5.74) is 5.71. The van der Waals surface area contributed by atoms with Crippen molar-refractivity contribution < 1.29 is 10.1 Å². The quantitative estimate of drug-likeness (QED) is 0.634. The maximum absolute atomic E-state index is 12.7. The summed E-state index contributed by atoms with van der Waals surface area (Å²) in [6, 6.07) is 19.1. The molecule has 3 nitrogen and oxygen atoms in total. The van der Waals surface area contributed by atoms with Gasteiger partial charge < -0.3 is 10.6 Å². The van der Waals surface area contributed by atoms with E-state index in [1.165, 1.54) is 21.6 Å². The minimum Gasteiger partial charge on any atom is -0.328 e. The van der Waals surface area contributed by atoms with Crippen LogP contribution < -0.4 is 10.6 Å². The summed E-state index contributed by atoms with van der Waals surface area (Å²) in [6.45, 7) is 6.63. The van der Waals surface area contributed by atoms with Crippen LogP contribution in [0.3, 0.4) is 0 Å². The molecular formula is C23H27N2OS+. The molecule has 0 unspecified atom stereocenters. The van der Waals surface area contributed by atoms with Crippen molar-refractivity contribution in [1.82, 2.24) is 0 Å². The van der Waals surface area contributed by atoms with E-state index in [1.54, 1.807) is 11.3 Å². The monoisotopic (exact) mass is 379 g/mol. The lowest BCUT2D eigenvalue weighted by Gasteiger charge is -2.16. The van der Waals surface area contributed by atoms with Crippen LogP contribution in [0, 0.1) is 13.8 Å². The molecule has 0 aliphatic carbocycles. The van der Waals surface area contributed by atoms with E-state index >= 15 is 0 Å². The highest BCUT2D eigenvalue weighted by atomic mass is 32.1. The number of quaternary nitrogens is 1. The Balaban J connectivity index is 1.72. The van der Waals surface area contributed by atoms with Crippen LogP contribution in [-0.2, 0) is 11.2 Å². The van der Waals surface area contributed by atoms with Crippen molar-refractivity contribution in [3.8, 4) is 0 Å². The van der Waals surface area contributed by atoms with E-state index in [-0.39, 0.29) is 11.9 Å². The van der Waals surface area contributed by atoms with Gasteiger partial charge in [-0.25, -0.2) is 0 Å². The van der Waals surface area contributed by atoms with E-state index in [0.29, 0.717) is 6.54 Å². The fourth-order valence-electron chi connectivity index (χ4n) is 3.28. The average Bonchev–Trinajstić information content (AvgIpc) is 3.19. The van der Waals surface area contributed by atoms with Gasteiger partial charge in [0.25, 0.3) is 5.91 Å². The zero-order valence-corrected chi connectivity index (χ0v) is 17.0. The number of nitrogens with one attached hydrogen (secondary N) is 1. The number of carbonyl (C=O) groups excluding carboxylic acids is 1. The van der Waals surface area contributed by atoms with Gasteiger partial charge in [0.15, 0.2) is 6.54 Å². The van der Waals surface area contributed by atoms with Crippen molar-refractivity contribution in [1.29, 1.82) is 0 Å². The molecule has 1 heterocycles. The summed E-state index contributed by atoms with van der Waals surface area (Å²) in [5.74, 6) is 0.0349. The van der Waals surface area contributed by atoms with Gasteiger partial charge in [-0.15, -0.1) is 11.3 Å². The number of para-hydroxylation sites is 1. The second-order valence-electron chi connectivity index (χ2n) is 6.85. The van der Waals surface area contributed by atoms with E-state index in [0.717, 1.165) is 17.7 Å². The minimum absolute atomic E-state index is 0.0349. The summed E-state index contributed by atoms with van der Waals surface area (Å²) >= 11 is 1.73. The van der Waals surface area contributed by atoms with Crippen LogP contribution in [0.2, 0.25) is 0 Å². The second-order valence-corrected chi connectivity index (χ2v) is 7.83. The molecule has 1 atom stereocenters. The molecule has 2 aromatic carbocycles. The lowest BCUT2D eigenvalue weighted by molar-refractivity contribution is -0.675. The maximum Gasteiger partial charge on any atom is 0.279 e. The third kappa shape index (κ3) is 4.85. The molecule has 0 bridgehead atoms. The Morgan fingerprint density at radius 3 is 2.52 bits per heavy atom. The van der Waals surface area contributed by atoms with Gasteiger partial charge in [0, 0.05) is 11.3 Å². The number of aryl methyl sites for hydroxylation is 3. The van der Waals surface area contributed by atoms with Crippen LogP contribution >= 0.6 is 11.3 Å². The zero-order valence-electron chi connectivity index (χ0n) is 16.2. The van der Waals surface area contributed by atoms with E-state index in [2.05, 4.69) is 72.3 Å². The average molecular weight is 380 g/mol. The number of nitrogens with two attached hydrogens (primary N) is 1. The van der Waals surface area contributed by atoms with Crippen LogP contribution in [0.25, 0.3) is 0 Å². The predicted molar refractivity (Wildman–Crippen MR) is 113 cm³/mol. The number of rotatable bonds is 7. The third-order valence-electron chi connectivity index (χ3n) is 4.83. The van der Waals surface area contributed by atoms with Gasteiger partial charge in [0.2, 0.25) is 0 Å². The highest BCUT2D eigenvalue weighted by Gasteiger charge is 2.20. The first-order chi connectivity index (χ1) is 13.1. The molecule has 0 aliphatic rings. The van der Waals surface area contributed by atoms with Crippen LogP contribution in [0.5, 0.6) is 0 Å². The van der Waals surface area contributed by atoms with Gasteiger partial charge >= 0.3 is 0 Å². The molecule has 0 spiro atoms. The van der Waals surface area contributed by atoms with E-state index in [4.69, 9.17) is 0 Å². The first kappa shape index (κ1) is 19.3. The lowest BCUT2D eigenvalue weighted by atomic mass is 10.0. The first-order valence-corrected chi connectivity index (χ1v) is 10.3. The van der Waals surface area contributed by atoms with Gasteiger partial charge in [-0.3, -0.25) is 4.79 Å². The molecule has 27 heavy (non-hydrogen) atoms.